The van der Waals surface area contributed by atoms with Crippen LogP contribution in [0.5, 0.6) is 5.75 Å². The predicted molar refractivity (Wildman–Crippen MR) is 121 cm³/mol. The third-order valence-electron chi connectivity index (χ3n) is 5.44. The number of rotatable bonds is 9. The van der Waals surface area contributed by atoms with Gasteiger partial charge in [0.2, 0.25) is 0 Å². The molecule has 4 rings (SSSR count). The Bertz CT molecular complexity index is 1090. The average molecular weight is 439 g/mol. The zero-order chi connectivity index (χ0) is 22.0. The fourth-order valence-corrected chi connectivity index (χ4v) is 3.38. The molecule has 1 saturated carbocycles. The zero-order valence-corrected chi connectivity index (χ0v) is 18.9. The van der Waals surface area contributed by atoms with Crippen LogP contribution in [0.3, 0.4) is 0 Å². The number of halogens is 1. The Morgan fingerprint density at radius 2 is 1.94 bits per heavy atom. The van der Waals surface area contributed by atoms with Gasteiger partial charge in [0, 0.05) is 10.6 Å². The molecule has 0 aliphatic heterocycles. The zero-order valence-electron chi connectivity index (χ0n) is 18.1. The van der Waals surface area contributed by atoms with E-state index in [-0.39, 0.29) is 12.4 Å². The fraction of sp³-hybridized carbons (Fsp3) is 0.360. The Labute approximate surface area is 187 Å². The van der Waals surface area contributed by atoms with Gasteiger partial charge in [-0.25, -0.2) is 0 Å². The topological polar surface area (TPSA) is 53.4 Å². The van der Waals surface area contributed by atoms with Gasteiger partial charge in [-0.15, -0.1) is 0 Å². The Morgan fingerprint density at radius 3 is 2.65 bits per heavy atom. The number of Topliss-reactive ketones (excluding diaryl/α,β-unsaturated/α-hetero) is 1. The van der Waals surface area contributed by atoms with Crippen molar-refractivity contribution in [3.63, 3.8) is 0 Å². The van der Waals surface area contributed by atoms with Gasteiger partial charge in [-0.3, -0.25) is 9.48 Å². The van der Waals surface area contributed by atoms with Crippen LogP contribution < -0.4 is 4.74 Å². The summed E-state index contributed by atoms with van der Waals surface area (Å²) in [7, 11) is 0. The molecule has 5 nitrogen and oxygen atoms in total. The van der Waals surface area contributed by atoms with Gasteiger partial charge in [-0.05, 0) is 69.5 Å². The molecule has 0 saturated heterocycles. The highest BCUT2D eigenvalue weighted by molar-refractivity contribution is 6.30. The maximum Gasteiger partial charge on any atom is 0.161 e. The molecule has 162 valence electrons. The molecule has 0 bridgehead atoms. The van der Waals surface area contributed by atoms with Gasteiger partial charge in [0.15, 0.2) is 5.78 Å². The maximum absolute atomic E-state index is 11.8. The van der Waals surface area contributed by atoms with E-state index in [1.807, 2.05) is 53.2 Å². The highest BCUT2D eigenvalue weighted by Crippen LogP contribution is 2.31. The first-order valence-corrected chi connectivity index (χ1v) is 10.9. The highest BCUT2D eigenvalue weighted by atomic mass is 35.5. The summed E-state index contributed by atoms with van der Waals surface area (Å²) in [6, 6.07) is 17.9. The third-order valence-corrected chi connectivity index (χ3v) is 5.67. The van der Waals surface area contributed by atoms with Crippen molar-refractivity contribution < 1.29 is 14.3 Å². The SMILES string of the molecule is CC(=O)C(C)(C)OCc1cc(-c2cccc(OC3CC3)c2)n(Cc2cccc(Cl)c2)n1. The van der Waals surface area contributed by atoms with E-state index in [0.29, 0.717) is 17.7 Å². The average Bonchev–Trinajstić information content (AvgIpc) is 3.44. The van der Waals surface area contributed by atoms with E-state index in [2.05, 4.69) is 6.07 Å². The van der Waals surface area contributed by atoms with Crippen LogP contribution >= 0.6 is 11.6 Å². The minimum Gasteiger partial charge on any atom is -0.490 e. The molecule has 6 heteroatoms. The first kappa shape index (κ1) is 21.6. The first-order chi connectivity index (χ1) is 14.8. The molecule has 0 atom stereocenters. The van der Waals surface area contributed by atoms with Gasteiger partial charge in [0.25, 0.3) is 0 Å². The summed E-state index contributed by atoms with van der Waals surface area (Å²) in [4.78, 5) is 11.8. The minimum absolute atomic E-state index is 0.0176. The molecule has 1 aromatic heterocycles. The molecule has 2 aromatic carbocycles. The number of ketones is 1. The Kier molecular flexibility index (Phi) is 6.17. The molecule has 0 amide bonds. The third kappa shape index (κ3) is 5.54. The smallest absolute Gasteiger partial charge is 0.161 e. The molecule has 3 aromatic rings. The van der Waals surface area contributed by atoms with Crippen molar-refractivity contribution in [1.29, 1.82) is 0 Å². The molecular weight excluding hydrogens is 412 g/mol. The van der Waals surface area contributed by atoms with E-state index < -0.39 is 5.60 Å². The quantitative estimate of drug-likeness (QED) is 0.431. The second-order valence-corrected chi connectivity index (χ2v) is 8.95. The van der Waals surface area contributed by atoms with E-state index in [0.717, 1.165) is 41.1 Å². The van der Waals surface area contributed by atoms with E-state index >= 15 is 0 Å². The summed E-state index contributed by atoms with van der Waals surface area (Å²) in [6.45, 7) is 5.91. The summed E-state index contributed by atoms with van der Waals surface area (Å²) in [5.74, 6) is 0.849. The molecule has 0 spiro atoms. The number of ether oxygens (including phenoxy) is 2. The molecule has 1 aliphatic carbocycles. The summed E-state index contributed by atoms with van der Waals surface area (Å²) in [5.41, 5.74) is 2.94. The highest BCUT2D eigenvalue weighted by Gasteiger charge is 2.25. The van der Waals surface area contributed by atoms with Crippen LogP contribution in [-0.4, -0.2) is 27.3 Å². The Morgan fingerprint density at radius 1 is 1.16 bits per heavy atom. The monoisotopic (exact) mass is 438 g/mol. The van der Waals surface area contributed by atoms with Crippen LogP contribution in [0.2, 0.25) is 5.02 Å². The van der Waals surface area contributed by atoms with Crippen LogP contribution in [0.25, 0.3) is 11.3 Å². The number of hydrogen-bond acceptors (Lipinski definition) is 4. The van der Waals surface area contributed by atoms with Crippen molar-refractivity contribution in [3.05, 3.63) is 70.9 Å². The Balaban J connectivity index is 1.64. The molecule has 31 heavy (non-hydrogen) atoms. The molecule has 0 unspecified atom stereocenters. The minimum atomic E-state index is -0.852. The molecule has 1 fully saturated rings. The number of nitrogens with zero attached hydrogens (tertiary/aromatic N) is 2. The lowest BCUT2D eigenvalue weighted by Crippen LogP contribution is -2.32. The summed E-state index contributed by atoms with van der Waals surface area (Å²) in [6.07, 6.45) is 2.57. The van der Waals surface area contributed by atoms with E-state index in [4.69, 9.17) is 26.2 Å². The molecular formula is C25H27ClN2O3. The lowest BCUT2D eigenvalue weighted by Gasteiger charge is -2.21. The number of benzene rings is 2. The fourth-order valence-electron chi connectivity index (χ4n) is 3.16. The second-order valence-electron chi connectivity index (χ2n) is 8.51. The van der Waals surface area contributed by atoms with Crippen molar-refractivity contribution in [2.75, 3.05) is 0 Å². The van der Waals surface area contributed by atoms with Gasteiger partial charge >= 0.3 is 0 Å². The lowest BCUT2D eigenvalue weighted by atomic mass is 10.1. The van der Waals surface area contributed by atoms with Crippen molar-refractivity contribution in [1.82, 2.24) is 9.78 Å². The number of carbonyl (C=O) groups excluding carboxylic acids is 1. The van der Waals surface area contributed by atoms with Gasteiger partial charge < -0.3 is 9.47 Å². The molecule has 1 heterocycles. The van der Waals surface area contributed by atoms with Crippen LogP contribution in [-0.2, 0) is 22.7 Å². The summed E-state index contributed by atoms with van der Waals surface area (Å²) >= 11 is 6.18. The molecule has 0 N–H and O–H groups in total. The maximum atomic E-state index is 11.8. The second kappa shape index (κ2) is 8.85. The number of hydrogen-bond donors (Lipinski definition) is 0. The van der Waals surface area contributed by atoms with E-state index in [1.165, 1.54) is 6.92 Å². The van der Waals surface area contributed by atoms with Crippen molar-refractivity contribution >= 4 is 17.4 Å². The van der Waals surface area contributed by atoms with Crippen LogP contribution in [0.1, 0.15) is 44.9 Å². The molecule has 0 radical (unpaired) electrons. The van der Waals surface area contributed by atoms with Crippen LogP contribution in [0, 0.1) is 0 Å². The van der Waals surface area contributed by atoms with Crippen LogP contribution in [0.4, 0.5) is 0 Å². The van der Waals surface area contributed by atoms with Gasteiger partial charge in [-0.1, -0.05) is 35.9 Å². The number of aromatic nitrogens is 2. The van der Waals surface area contributed by atoms with Gasteiger partial charge in [0.1, 0.15) is 11.4 Å². The largest absolute Gasteiger partial charge is 0.490 e. The van der Waals surface area contributed by atoms with Gasteiger partial charge in [0.05, 0.1) is 30.6 Å². The lowest BCUT2D eigenvalue weighted by molar-refractivity contribution is -0.139. The van der Waals surface area contributed by atoms with Crippen molar-refractivity contribution in [2.24, 2.45) is 0 Å². The molecule has 1 aliphatic rings. The van der Waals surface area contributed by atoms with Crippen LogP contribution in [0.15, 0.2) is 54.6 Å². The first-order valence-electron chi connectivity index (χ1n) is 10.5. The number of carbonyl (C=O) groups is 1. The predicted octanol–water partition coefficient (Wildman–Crippen LogP) is 5.68. The normalized spacial score (nSPS) is 13.9. The van der Waals surface area contributed by atoms with E-state index in [9.17, 15) is 4.79 Å². The van der Waals surface area contributed by atoms with Crippen molar-refractivity contribution in [3.8, 4) is 17.0 Å². The standard InChI is InChI=1S/C25H27ClN2O3/c1-17(29)25(2,3)30-16-21-14-24(19-7-5-9-23(13-19)31-22-10-11-22)28(27-21)15-18-6-4-8-20(26)12-18/h4-9,12-14,22H,10-11,15-16H2,1-3H3. The summed E-state index contributed by atoms with van der Waals surface area (Å²) in [5, 5.41) is 5.47. The van der Waals surface area contributed by atoms with Crippen molar-refractivity contribution in [2.45, 2.75) is 58.5 Å². The summed E-state index contributed by atoms with van der Waals surface area (Å²) < 4.78 is 13.8. The van der Waals surface area contributed by atoms with E-state index in [1.54, 1.807) is 13.8 Å². The van der Waals surface area contributed by atoms with Gasteiger partial charge in [-0.2, -0.15) is 5.10 Å². The Hall–Kier alpha value is -2.63.